The molecular weight excluding hydrogens is 298 g/mol. The summed E-state index contributed by atoms with van der Waals surface area (Å²) in [6.45, 7) is 0. The second-order valence-corrected chi connectivity index (χ2v) is 5.27. The van der Waals surface area contributed by atoms with E-state index in [0.717, 1.165) is 33.7 Å². The van der Waals surface area contributed by atoms with Gasteiger partial charge in [-0.25, -0.2) is 0 Å². The fraction of sp³-hybridized carbons (Fsp3) is 0.111. The molecule has 3 aromatic rings. The molecule has 0 aliphatic carbocycles. The molecule has 3 rings (SSSR count). The second kappa shape index (κ2) is 6.16. The summed E-state index contributed by atoms with van der Waals surface area (Å²) in [5.74, 6) is 1.59. The zero-order valence-corrected chi connectivity index (χ0v) is 13.1. The summed E-state index contributed by atoms with van der Waals surface area (Å²) < 4.78 is 10.6. The Balaban J connectivity index is 1.96. The molecule has 0 saturated heterocycles. The number of benzene rings is 2. The van der Waals surface area contributed by atoms with E-state index in [-0.39, 0.29) is 0 Å². The summed E-state index contributed by atoms with van der Waals surface area (Å²) in [4.78, 5) is 3.35. The smallest absolute Gasteiger partial charge is 0.127 e. The Bertz CT molecular complexity index is 836. The molecule has 2 aromatic carbocycles. The zero-order chi connectivity index (χ0) is 15.5. The summed E-state index contributed by atoms with van der Waals surface area (Å²) in [6.07, 6.45) is 3.93. The molecule has 0 amide bonds. The Morgan fingerprint density at radius 2 is 1.86 bits per heavy atom. The third-order valence-electron chi connectivity index (χ3n) is 3.51. The lowest BCUT2D eigenvalue weighted by atomic mass is 10.1. The summed E-state index contributed by atoms with van der Waals surface area (Å²) in [5, 5.41) is 1.76. The topological polar surface area (TPSA) is 34.2 Å². The van der Waals surface area contributed by atoms with E-state index in [4.69, 9.17) is 21.1 Å². The molecule has 0 unspecified atom stereocenters. The molecule has 0 aliphatic heterocycles. The minimum absolute atomic E-state index is 0.661. The van der Waals surface area contributed by atoms with Crippen molar-refractivity contribution in [1.29, 1.82) is 0 Å². The molecule has 0 radical (unpaired) electrons. The molecule has 1 aromatic heterocycles. The number of hydrogen-bond donors (Lipinski definition) is 1. The van der Waals surface area contributed by atoms with E-state index in [2.05, 4.69) is 11.1 Å². The fourth-order valence-corrected chi connectivity index (χ4v) is 2.61. The van der Waals surface area contributed by atoms with E-state index in [9.17, 15) is 0 Å². The minimum atomic E-state index is 0.661. The number of halogens is 1. The van der Waals surface area contributed by atoms with Crippen LogP contribution < -0.4 is 9.47 Å². The van der Waals surface area contributed by atoms with Crippen LogP contribution in [-0.2, 0) is 0 Å². The molecule has 0 fully saturated rings. The van der Waals surface area contributed by atoms with Crippen LogP contribution in [0.3, 0.4) is 0 Å². The maximum atomic E-state index is 6.23. The first-order chi connectivity index (χ1) is 10.7. The zero-order valence-electron chi connectivity index (χ0n) is 12.4. The number of aromatic amines is 1. The third-order valence-corrected chi connectivity index (χ3v) is 3.84. The van der Waals surface area contributed by atoms with Crippen molar-refractivity contribution in [3.05, 3.63) is 58.7 Å². The van der Waals surface area contributed by atoms with Crippen LogP contribution in [0.1, 0.15) is 11.3 Å². The van der Waals surface area contributed by atoms with Crippen molar-refractivity contribution in [2.75, 3.05) is 14.2 Å². The maximum absolute atomic E-state index is 6.23. The van der Waals surface area contributed by atoms with E-state index >= 15 is 0 Å². The van der Waals surface area contributed by atoms with E-state index < -0.39 is 0 Å². The first-order valence-electron chi connectivity index (χ1n) is 6.88. The van der Waals surface area contributed by atoms with Crippen LogP contribution in [-0.4, -0.2) is 19.2 Å². The van der Waals surface area contributed by atoms with Crippen molar-refractivity contribution in [3.63, 3.8) is 0 Å². The highest BCUT2D eigenvalue weighted by Gasteiger charge is 2.05. The van der Waals surface area contributed by atoms with Gasteiger partial charge in [0.2, 0.25) is 0 Å². The van der Waals surface area contributed by atoms with Crippen LogP contribution in [0.5, 0.6) is 11.5 Å². The van der Waals surface area contributed by atoms with Crippen molar-refractivity contribution in [3.8, 4) is 11.5 Å². The minimum Gasteiger partial charge on any atom is -0.497 e. The lowest BCUT2D eigenvalue weighted by molar-refractivity contribution is 0.414. The molecule has 1 N–H and O–H groups in total. The molecule has 0 saturated carbocycles. The number of methoxy groups -OCH3 is 2. The van der Waals surface area contributed by atoms with E-state index in [0.29, 0.717) is 5.02 Å². The first-order valence-corrected chi connectivity index (χ1v) is 7.26. The summed E-state index contributed by atoms with van der Waals surface area (Å²) in [7, 11) is 3.30. The number of nitrogens with one attached hydrogen (secondary N) is 1. The number of hydrogen-bond acceptors (Lipinski definition) is 2. The van der Waals surface area contributed by atoms with Crippen LogP contribution in [0.15, 0.2) is 42.5 Å². The van der Waals surface area contributed by atoms with Crippen LogP contribution in [0.2, 0.25) is 5.02 Å². The number of aromatic nitrogens is 1. The van der Waals surface area contributed by atoms with Gasteiger partial charge >= 0.3 is 0 Å². The summed E-state index contributed by atoms with van der Waals surface area (Å²) in [5.41, 5.74) is 2.92. The van der Waals surface area contributed by atoms with Crippen LogP contribution >= 0.6 is 11.6 Å². The van der Waals surface area contributed by atoms with Gasteiger partial charge in [-0.3, -0.25) is 0 Å². The van der Waals surface area contributed by atoms with E-state index in [1.54, 1.807) is 14.2 Å². The number of fused-ring (bicyclic) bond motifs is 1. The van der Waals surface area contributed by atoms with Gasteiger partial charge in [-0.15, -0.1) is 0 Å². The van der Waals surface area contributed by atoms with Crippen LogP contribution in [0, 0.1) is 0 Å². The van der Waals surface area contributed by atoms with Crippen LogP contribution in [0.25, 0.3) is 23.1 Å². The highest BCUT2D eigenvalue weighted by Crippen LogP contribution is 2.29. The molecule has 4 heteroatoms. The highest BCUT2D eigenvalue weighted by atomic mass is 35.5. The quantitative estimate of drug-likeness (QED) is 0.734. The van der Waals surface area contributed by atoms with Gasteiger partial charge in [0.15, 0.2) is 0 Å². The Hall–Kier alpha value is -2.39. The molecule has 1 heterocycles. The normalized spacial score (nSPS) is 11.2. The number of rotatable bonds is 4. The van der Waals surface area contributed by atoms with Crippen molar-refractivity contribution in [2.24, 2.45) is 0 Å². The predicted molar refractivity (Wildman–Crippen MR) is 91.8 cm³/mol. The van der Waals surface area contributed by atoms with Gasteiger partial charge in [-0.1, -0.05) is 17.7 Å². The molecule has 0 bridgehead atoms. The third kappa shape index (κ3) is 2.81. The Morgan fingerprint density at radius 3 is 2.64 bits per heavy atom. The largest absolute Gasteiger partial charge is 0.497 e. The Labute approximate surface area is 134 Å². The molecule has 0 atom stereocenters. The first kappa shape index (κ1) is 14.5. The highest BCUT2D eigenvalue weighted by molar-refractivity contribution is 6.32. The average Bonchev–Trinajstić information content (AvgIpc) is 2.95. The monoisotopic (exact) mass is 313 g/mol. The maximum Gasteiger partial charge on any atom is 0.127 e. The average molecular weight is 314 g/mol. The van der Waals surface area contributed by atoms with Gasteiger partial charge in [0.05, 0.1) is 19.2 Å². The molecule has 3 nitrogen and oxygen atoms in total. The van der Waals surface area contributed by atoms with Crippen LogP contribution in [0.4, 0.5) is 0 Å². The Kier molecular flexibility index (Phi) is 4.07. The van der Waals surface area contributed by atoms with E-state index in [1.165, 1.54) is 0 Å². The molecule has 22 heavy (non-hydrogen) atoms. The number of H-pyrrole nitrogens is 1. The Morgan fingerprint density at radius 1 is 1.00 bits per heavy atom. The summed E-state index contributed by atoms with van der Waals surface area (Å²) in [6, 6.07) is 13.6. The van der Waals surface area contributed by atoms with Crippen molar-refractivity contribution < 1.29 is 9.47 Å². The van der Waals surface area contributed by atoms with Gasteiger partial charge < -0.3 is 14.5 Å². The number of ether oxygens (including phenoxy) is 2. The van der Waals surface area contributed by atoms with Gasteiger partial charge in [0, 0.05) is 22.2 Å². The van der Waals surface area contributed by atoms with Crippen molar-refractivity contribution >= 4 is 34.7 Å². The molecular formula is C18H16ClNO2. The predicted octanol–water partition coefficient (Wildman–Crippen LogP) is 5.01. The van der Waals surface area contributed by atoms with Crippen molar-refractivity contribution in [1.82, 2.24) is 4.98 Å². The van der Waals surface area contributed by atoms with Gasteiger partial charge in [0.1, 0.15) is 11.5 Å². The fourth-order valence-electron chi connectivity index (χ4n) is 2.38. The van der Waals surface area contributed by atoms with Crippen molar-refractivity contribution in [2.45, 2.75) is 0 Å². The van der Waals surface area contributed by atoms with Gasteiger partial charge in [-0.2, -0.15) is 0 Å². The van der Waals surface area contributed by atoms with Gasteiger partial charge in [0.25, 0.3) is 0 Å². The molecule has 0 aliphatic rings. The van der Waals surface area contributed by atoms with E-state index in [1.807, 2.05) is 48.6 Å². The molecule has 112 valence electrons. The SMILES string of the molecule is COc1ccc2[nH]c(C=Cc3c(Cl)cccc3OC)cc2c1. The van der Waals surface area contributed by atoms with Gasteiger partial charge in [-0.05, 0) is 48.6 Å². The molecule has 0 spiro atoms. The summed E-state index contributed by atoms with van der Waals surface area (Å²) >= 11 is 6.23. The lowest BCUT2D eigenvalue weighted by Crippen LogP contribution is -1.87. The lowest BCUT2D eigenvalue weighted by Gasteiger charge is -2.05. The second-order valence-electron chi connectivity index (χ2n) is 4.87. The standard InChI is InChI=1S/C18H16ClNO2/c1-21-14-7-9-17-12(11-14)10-13(20-17)6-8-15-16(19)4-3-5-18(15)22-2/h3-11,20H,1-2H3.